The van der Waals surface area contributed by atoms with E-state index in [4.69, 9.17) is 6.42 Å². The number of benzene rings is 2. The lowest BCUT2D eigenvalue weighted by molar-refractivity contribution is 0.225. The molecule has 2 amide bonds. The van der Waals surface area contributed by atoms with Gasteiger partial charge in [0.1, 0.15) is 5.82 Å². The Morgan fingerprint density at radius 2 is 2.03 bits per heavy atom. The molecule has 0 fully saturated rings. The molecular formula is C21H16N4O2S2. The molecule has 8 heteroatoms. The lowest BCUT2D eigenvalue weighted by atomic mass is 10.0. The summed E-state index contributed by atoms with van der Waals surface area (Å²) in [6.45, 7) is -0.232. The Morgan fingerprint density at radius 3 is 2.76 bits per heavy atom. The number of terminal acetylenes is 1. The number of thiazole rings is 2. The van der Waals surface area contributed by atoms with Gasteiger partial charge in [0.05, 0.1) is 28.4 Å². The number of nitrogens with one attached hydrogen (secondary N) is 2. The van der Waals surface area contributed by atoms with Gasteiger partial charge in [0.15, 0.2) is 5.01 Å². The SMILES string of the molecule is C#Cc1nc(NC(=O)N[C@H](CO)c2ccc(-c3cccc4ncsc34)cc2)cs1. The molecule has 0 aliphatic heterocycles. The second-order valence-corrected chi connectivity index (χ2v) is 7.86. The van der Waals surface area contributed by atoms with E-state index in [2.05, 4.69) is 32.6 Å². The van der Waals surface area contributed by atoms with E-state index in [0.717, 1.165) is 26.9 Å². The highest BCUT2D eigenvalue weighted by Crippen LogP contribution is 2.31. The first kappa shape index (κ1) is 19.1. The molecule has 0 bridgehead atoms. The standard InChI is InChI=1S/C21H16N4O2S2/c1-2-19-24-18(11-28-19)25-21(27)23-17(10-26)14-8-6-13(7-9-14)15-4-3-5-16-20(15)29-12-22-16/h1,3-9,11-12,17,26H,10H2,(H2,23,25,27)/t17-/m1/s1. The maximum Gasteiger partial charge on any atom is 0.320 e. The van der Waals surface area contributed by atoms with Gasteiger partial charge < -0.3 is 10.4 Å². The maximum absolute atomic E-state index is 12.2. The lowest BCUT2D eigenvalue weighted by Crippen LogP contribution is -2.34. The zero-order chi connectivity index (χ0) is 20.2. The minimum absolute atomic E-state index is 0.232. The molecule has 0 aliphatic rings. The van der Waals surface area contributed by atoms with Gasteiger partial charge in [-0.2, -0.15) is 0 Å². The average molecular weight is 421 g/mol. The van der Waals surface area contributed by atoms with Crippen molar-refractivity contribution in [3.8, 4) is 23.5 Å². The van der Waals surface area contributed by atoms with Crippen molar-refractivity contribution in [1.82, 2.24) is 15.3 Å². The van der Waals surface area contributed by atoms with Crippen molar-refractivity contribution in [3.63, 3.8) is 0 Å². The minimum Gasteiger partial charge on any atom is -0.394 e. The van der Waals surface area contributed by atoms with E-state index < -0.39 is 12.1 Å². The average Bonchev–Trinajstić information content (AvgIpc) is 3.41. The van der Waals surface area contributed by atoms with Crippen molar-refractivity contribution in [2.75, 3.05) is 11.9 Å². The van der Waals surface area contributed by atoms with Gasteiger partial charge in [0.25, 0.3) is 0 Å². The third-order valence-electron chi connectivity index (χ3n) is 4.34. The van der Waals surface area contributed by atoms with E-state index in [1.165, 1.54) is 11.3 Å². The normalized spacial score (nSPS) is 11.7. The smallest absolute Gasteiger partial charge is 0.320 e. The summed E-state index contributed by atoms with van der Waals surface area (Å²) in [6, 6.07) is 12.8. The van der Waals surface area contributed by atoms with Gasteiger partial charge in [-0.25, -0.2) is 14.8 Å². The molecule has 2 aromatic carbocycles. The van der Waals surface area contributed by atoms with Crippen LogP contribution < -0.4 is 10.6 Å². The molecule has 0 aliphatic carbocycles. The fraction of sp³-hybridized carbons (Fsp3) is 0.0952. The van der Waals surface area contributed by atoms with E-state index in [0.29, 0.717) is 10.8 Å². The van der Waals surface area contributed by atoms with Crippen molar-refractivity contribution >= 4 is 44.7 Å². The highest BCUT2D eigenvalue weighted by Gasteiger charge is 2.15. The molecule has 0 radical (unpaired) electrons. The van der Waals surface area contributed by atoms with Crippen LogP contribution in [0.2, 0.25) is 0 Å². The van der Waals surface area contributed by atoms with Gasteiger partial charge in [-0.1, -0.05) is 36.4 Å². The van der Waals surface area contributed by atoms with Gasteiger partial charge in [-0.3, -0.25) is 5.32 Å². The third-order valence-corrected chi connectivity index (χ3v) is 5.99. The zero-order valence-electron chi connectivity index (χ0n) is 15.1. The van der Waals surface area contributed by atoms with Crippen molar-refractivity contribution in [2.45, 2.75) is 6.04 Å². The number of amides is 2. The molecule has 0 saturated heterocycles. The Kier molecular flexibility index (Phi) is 5.53. The van der Waals surface area contributed by atoms with Crippen molar-refractivity contribution < 1.29 is 9.90 Å². The fourth-order valence-corrected chi connectivity index (χ4v) is 4.33. The summed E-state index contributed by atoms with van der Waals surface area (Å²) in [4.78, 5) is 20.7. The number of fused-ring (bicyclic) bond motifs is 1. The van der Waals surface area contributed by atoms with Crippen molar-refractivity contribution in [3.05, 3.63) is 63.9 Å². The number of anilines is 1. The third kappa shape index (κ3) is 4.12. The molecular weight excluding hydrogens is 404 g/mol. The first-order valence-electron chi connectivity index (χ1n) is 8.71. The van der Waals surface area contributed by atoms with Gasteiger partial charge >= 0.3 is 6.03 Å². The summed E-state index contributed by atoms with van der Waals surface area (Å²) in [6.07, 6.45) is 5.28. The van der Waals surface area contributed by atoms with Crippen LogP contribution >= 0.6 is 22.7 Å². The van der Waals surface area contributed by atoms with E-state index >= 15 is 0 Å². The van der Waals surface area contributed by atoms with E-state index in [9.17, 15) is 9.90 Å². The Morgan fingerprint density at radius 1 is 1.21 bits per heavy atom. The van der Waals surface area contributed by atoms with Crippen molar-refractivity contribution in [1.29, 1.82) is 0 Å². The highest BCUT2D eigenvalue weighted by atomic mass is 32.1. The summed E-state index contributed by atoms with van der Waals surface area (Å²) in [5, 5.41) is 17.3. The Hall–Kier alpha value is -3.25. The molecule has 2 aromatic heterocycles. The fourth-order valence-electron chi connectivity index (χ4n) is 2.95. The predicted molar refractivity (Wildman–Crippen MR) is 117 cm³/mol. The zero-order valence-corrected chi connectivity index (χ0v) is 16.8. The molecule has 3 N–H and O–H groups in total. The first-order chi connectivity index (χ1) is 14.2. The lowest BCUT2D eigenvalue weighted by Gasteiger charge is -2.17. The number of urea groups is 1. The quantitative estimate of drug-likeness (QED) is 0.421. The largest absolute Gasteiger partial charge is 0.394 e. The van der Waals surface area contributed by atoms with E-state index in [1.54, 1.807) is 16.7 Å². The van der Waals surface area contributed by atoms with Crippen LogP contribution in [0.3, 0.4) is 0 Å². The molecule has 144 valence electrons. The Balaban J connectivity index is 1.48. The van der Waals surface area contributed by atoms with Crippen LogP contribution in [-0.4, -0.2) is 27.7 Å². The molecule has 0 spiro atoms. The van der Waals surface area contributed by atoms with Gasteiger partial charge in [-0.15, -0.1) is 29.1 Å². The molecule has 4 rings (SSSR count). The van der Waals surface area contributed by atoms with Gasteiger partial charge in [0.2, 0.25) is 0 Å². The second kappa shape index (κ2) is 8.41. The molecule has 0 unspecified atom stereocenters. The van der Waals surface area contributed by atoms with Gasteiger partial charge in [0, 0.05) is 10.9 Å². The molecule has 29 heavy (non-hydrogen) atoms. The molecule has 4 aromatic rings. The minimum atomic E-state index is -0.547. The van der Waals surface area contributed by atoms with Crippen LogP contribution in [0.4, 0.5) is 10.6 Å². The Labute approximate surface area is 175 Å². The summed E-state index contributed by atoms with van der Waals surface area (Å²) >= 11 is 2.87. The first-order valence-corrected chi connectivity index (χ1v) is 10.5. The monoisotopic (exact) mass is 420 g/mol. The van der Waals surface area contributed by atoms with Crippen molar-refractivity contribution in [2.24, 2.45) is 0 Å². The number of aromatic nitrogens is 2. The summed E-state index contributed by atoms with van der Waals surface area (Å²) in [5.74, 6) is 2.80. The molecule has 1 atom stereocenters. The van der Waals surface area contributed by atoms with Gasteiger partial charge in [-0.05, 0) is 23.1 Å². The molecule has 0 saturated carbocycles. The van der Waals surface area contributed by atoms with Crippen LogP contribution in [-0.2, 0) is 0 Å². The van der Waals surface area contributed by atoms with E-state index in [1.807, 2.05) is 41.9 Å². The predicted octanol–water partition coefficient (Wildman–Crippen LogP) is 4.26. The van der Waals surface area contributed by atoms with Crippen LogP contribution in [0, 0.1) is 12.3 Å². The second-order valence-electron chi connectivity index (χ2n) is 6.14. The van der Waals surface area contributed by atoms with Crippen LogP contribution in [0.1, 0.15) is 16.6 Å². The number of aliphatic hydroxyl groups is 1. The summed E-state index contributed by atoms with van der Waals surface area (Å²) in [5.41, 5.74) is 5.76. The summed E-state index contributed by atoms with van der Waals surface area (Å²) in [7, 11) is 0. The topological polar surface area (TPSA) is 87.1 Å². The maximum atomic E-state index is 12.2. The Bertz CT molecular complexity index is 1190. The number of hydrogen-bond donors (Lipinski definition) is 3. The number of aliphatic hydroxyl groups excluding tert-OH is 1. The number of carbonyl (C=O) groups excluding carboxylic acids is 1. The highest BCUT2D eigenvalue weighted by molar-refractivity contribution is 7.17. The number of rotatable bonds is 5. The number of nitrogens with zero attached hydrogens (tertiary/aromatic N) is 2. The summed E-state index contributed by atoms with van der Waals surface area (Å²) < 4.78 is 1.13. The van der Waals surface area contributed by atoms with Crippen LogP contribution in [0.15, 0.2) is 53.4 Å². The molecule has 6 nitrogen and oxygen atoms in total. The van der Waals surface area contributed by atoms with E-state index in [-0.39, 0.29) is 6.61 Å². The molecule has 2 heterocycles. The van der Waals surface area contributed by atoms with Crippen LogP contribution in [0.5, 0.6) is 0 Å². The number of carbonyl (C=O) groups is 1. The number of hydrogen-bond acceptors (Lipinski definition) is 6. The van der Waals surface area contributed by atoms with Crippen LogP contribution in [0.25, 0.3) is 21.3 Å².